The lowest BCUT2D eigenvalue weighted by atomic mass is 9.83. The molecule has 2 aliphatic heterocycles. The molecule has 0 bridgehead atoms. The lowest BCUT2D eigenvalue weighted by Gasteiger charge is -2.27. The molecule has 2 heterocycles. The number of rotatable bonds is 5. The molecule has 3 rings (SSSR count). The number of hydrogen-bond acceptors (Lipinski definition) is 3. The predicted molar refractivity (Wildman–Crippen MR) is 97.8 cm³/mol. The summed E-state index contributed by atoms with van der Waals surface area (Å²) in [5, 5.41) is 3.47. The molecule has 0 radical (unpaired) electrons. The molecule has 1 aromatic rings. The van der Waals surface area contributed by atoms with Crippen molar-refractivity contribution in [3.63, 3.8) is 0 Å². The first-order chi connectivity index (χ1) is 11.1. The standard InChI is InChI=1S/C19H28N2OS/c1-19(8-7-16-5-3-2-4-6-16)9-11-21(15-19)18(22)13-17-14-23-12-10-20-17/h2-6,17,20H,7-15H2,1H3. The Bertz CT molecular complexity index is 515. The third-order valence-corrected chi connectivity index (χ3v) is 6.32. The average molecular weight is 333 g/mol. The number of carbonyl (C=O) groups excluding carboxylic acids is 1. The summed E-state index contributed by atoms with van der Waals surface area (Å²) in [5.41, 5.74) is 1.68. The molecule has 0 aliphatic carbocycles. The van der Waals surface area contributed by atoms with E-state index in [1.54, 1.807) is 0 Å². The number of benzene rings is 1. The Balaban J connectivity index is 1.47. The summed E-state index contributed by atoms with van der Waals surface area (Å²) < 4.78 is 0. The summed E-state index contributed by atoms with van der Waals surface area (Å²) in [6.45, 7) is 5.25. The number of nitrogens with zero attached hydrogens (tertiary/aromatic N) is 1. The van der Waals surface area contributed by atoms with Crippen LogP contribution < -0.4 is 5.32 Å². The second-order valence-electron chi connectivity index (χ2n) is 7.29. The fourth-order valence-corrected chi connectivity index (χ4v) is 4.57. The van der Waals surface area contributed by atoms with Crippen LogP contribution in [0, 0.1) is 5.41 Å². The van der Waals surface area contributed by atoms with Crippen LogP contribution in [0.25, 0.3) is 0 Å². The zero-order valence-corrected chi connectivity index (χ0v) is 14.9. The topological polar surface area (TPSA) is 32.3 Å². The minimum absolute atomic E-state index is 0.278. The summed E-state index contributed by atoms with van der Waals surface area (Å²) >= 11 is 1.96. The van der Waals surface area contributed by atoms with Crippen molar-refractivity contribution in [1.82, 2.24) is 10.2 Å². The van der Waals surface area contributed by atoms with Crippen LogP contribution in [-0.2, 0) is 11.2 Å². The average Bonchev–Trinajstić information content (AvgIpc) is 2.98. The van der Waals surface area contributed by atoms with Crippen molar-refractivity contribution in [3.8, 4) is 0 Å². The van der Waals surface area contributed by atoms with E-state index in [2.05, 4.69) is 47.5 Å². The van der Waals surface area contributed by atoms with Crippen LogP contribution in [0.2, 0.25) is 0 Å². The van der Waals surface area contributed by atoms with Gasteiger partial charge in [0.15, 0.2) is 0 Å². The molecular formula is C19H28N2OS. The molecule has 4 heteroatoms. The van der Waals surface area contributed by atoms with Crippen LogP contribution in [0.4, 0.5) is 0 Å². The minimum Gasteiger partial charge on any atom is -0.342 e. The van der Waals surface area contributed by atoms with Crippen LogP contribution in [0.5, 0.6) is 0 Å². The molecule has 0 aromatic heterocycles. The van der Waals surface area contributed by atoms with Gasteiger partial charge in [0.1, 0.15) is 0 Å². The highest BCUT2D eigenvalue weighted by atomic mass is 32.2. The number of likely N-dealkylation sites (tertiary alicyclic amines) is 1. The highest BCUT2D eigenvalue weighted by molar-refractivity contribution is 7.99. The minimum atomic E-state index is 0.278. The van der Waals surface area contributed by atoms with E-state index in [1.165, 1.54) is 17.7 Å². The van der Waals surface area contributed by atoms with Gasteiger partial charge in [-0.25, -0.2) is 0 Å². The van der Waals surface area contributed by atoms with Gasteiger partial charge in [-0.2, -0.15) is 11.8 Å². The number of carbonyl (C=O) groups is 1. The van der Waals surface area contributed by atoms with E-state index in [-0.39, 0.29) is 5.41 Å². The third-order valence-electron chi connectivity index (χ3n) is 5.19. The van der Waals surface area contributed by atoms with Gasteiger partial charge in [-0.1, -0.05) is 37.3 Å². The normalized spacial score (nSPS) is 28.0. The van der Waals surface area contributed by atoms with Gasteiger partial charge in [-0.15, -0.1) is 0 Å². The molecule has 2 unspecified atom stereocenters. The molecule has 3 nitrogen and oxygen atoms in total. The molecule has 0 saturated carbocycles. The van der Waals surface area contributed by atoms with Crippen molar-refractivity contribution >= 4 is 17.7 Å². The smallest absolute Gasteiger partial charge is 0.224 e. The third kappa shape index (κ3) is 4.74. The van der Waals surface area contributed by atoms with Gasteiger partial charge in [0, 0.05) is 43.6 Å². The van der Waals surface area contributed by atoms with E-state index >= 15 is 0 Å². The number of thioether (sulfide) groups is 1. The number of hydrogen-bond donors (Lipinski definition) is 1. The Labute approximate surface area is 144 Å². The van der Waals surface area contributed by atoms with Crippen LogP contribution in [0.1, 0.15) is 31.7 Å². The molecule has 23 heavy (non-hydrogen) atoms. The van der Waals surface area contributed by atoms with Crippen LogP contribution >= 0.6 is 11.8 Å². The molecule has 1 amide bonds. The molecule has 2 atom stereocenters. The SMILES string of the molecule is CC1(CCc2ccccc2)CCN(C(=O)CC2CSCCN2)C1. The molecule has 1 N–H and O–H groups in total. The van der Waals surface area contributed by atoms with Gasteiger partial charge in [0.05, 0.1) is 0 Å². The van der Waals surface area contributed by atoms with E-state index in [1.807, 2.05) is 11.8 Å². The van der Waals surface area contributed by atoms with E-state index in [9.17, 15) is 4.79 Å². The quantitative estimate of drug-likeness (QED) is 0.900. The van der Waals surface area contributed by atoms with E-state index < -0.39 is 0 Å². The van der Waals surface area contributed by atoms with Crippen LogP contribution in [-0.4, -0.2) is 48.0 Å². The number of nitrogens with one attached hydrogen (secondary N) is 1. The second-order valence-corrected chi connectivity index (χ2v) is 8.44. The first-order valence-electron chi connectivity index (χ1n) is 8.77. The van der Waals surface area contributed by atoms with E-state index in [0.29, 0.717) is 18.4 Å². The van der Waals surface area contributed by atoms with Crippen molar-refractivity contribution in [3.05, 3.63) is 35.9 Å². The predicted octanol–water partition coefficient (Wildman–Crippen LogP) is 2.95. The highest BCUT2D eigenvalue weighted by Gasteiger charge is 2.36. The van der Waals surface area contributed by atoms with Gasteiger partial charge in [0.25, 0.3) is 0 Å². The fraction of sp³-hybridized carbons (Fsp3) is 0.632. The Morgan fingerprint density at radius 2 is 2.22 bits per heavy atom. The van der Waals surface area contributed by atoms with Gasteiger partial charge in [0.2, 0.25) is 5.91 Å². The van der Waals surface area contributed by atoms with E-state index in [0.717, 1.165) is 38.2 Å². The maximum absolute atomic E-state index is 12.6. The van der Waals surface area contributed by atoms with Crippen molar-refractivity contribution in [1.29, 1.82) is 0 Å². The van der Waals surface area contributed by atoms with Crippen molar-refractivity contribution in [2.24, 2.45) is 5.41 Å². The first kappa shape index (κ1) is 16.8. The van der Waals surface area contributed by atoms with Crippen molar-refractivity contribution in [2.75, 3.05) is 31.1 Å². The van der Waals surface area contributed by atoms with Crippen molar-refractivity contribution < 1.29 is 4.79 Å². The largest absolute Gasteiger partial charge is 0.342 e. The molecule has 2 fully saturated rings. The maximum atomic E-state index is 12.6. The molecule has 126 valence electrons. The molecular weight excluding hydrogens is 304 g/mol. The Kier molecular flexibility index (Phi) is 5.65. The van der Waals surface area contributed by atoms with E-state index in [4.69, 9.17) is 0 Å². The van der Waals surface area contributed by atoms with Crippen molar-refractivity contribution in [2.45, 2.75) is 38.6 Å². The van der Waals surface area contributed by atoms with Gasteiger partial charge < -0.3 is 10.2 Å². The summed E-state index contributed by atoms with van der Waals surface area (Å²) in [7, 11) is 0. The molecule has 1 aromatic carbocycles. The van der Waals surface area contributed by atoms with Crippen LogP contribution in [0.3, 0.4) is 0 Å². The Morgan fingerprint density at radius 3 is 2.96 bits per heavy atom. The fourth-order valence-electron chi connectivity index (χ4n) is 3.62. The molecule has 0 spiro atoms. The maximum Gasteiger partial charge on any atom is 0.224 e. The van der Waals surface area contributed by atoms with Gasteiger partial charge in [-0.3, -0.25) is 4.79 Å². The summed E-state index contributed by atoms with van der Waals surface area (Å²) in [4.78, 5) is 14.7. The molecule has 2 saturated heterocycles. The van der Waals surface area contributed by atoms with Crippen LogP contribution in [0.15, 0.2) is 30.3 Å². The van der Waals surface area contributed by atoms with Gasteiger partial charge in [-0.05, 0) is 30.2 Å². The monoisotopic (exact) mass is 332 g/mol. The lowest BCUT2D eigenvalue weighted by Crippen LogP contribution is -2.42. The lowest BCUT2D eigenvalue weighted by molar-refractivity contribution is -0.131. The Hall–Kier alpha value is -1.000. The van der Waals surface area contributed by atoms with Gasteiger partial charge >= 0.3 is 0 Å². The molecule has 2 aliphatic rings. The highest BCUT2D eigenvalue weighted by Crippen LogP contribution is 2.35. The Morgan fingerprint density at radius 1 is 1.39 bits per heavy atom. The zero-order chi connectivity index (χ0) is 16.1. The second kappa shape index (κ2) is 7.71. The summed E-state index contributed by atoms with van der Waals surface area (Å²) in [6, 6.07) is 11.1. The zero-order valence-electron chi connectivity index (χ0n) is 14.1. The number of amides is 1. The number of aryl methyl sites for hydroxylation is 1. The summed E-state index contributed by atoms with van der Waals surface area (Å²) in [6.07, 6.45) is 4.08. The summed E-state index contributed by atoms with van der Waals surface area (Å²) in [5.74, 6) is 2.59. The first-order valence-corrected chi connectivity index (χ1v) is 9.93.